The first kappa shape index (κ1) is 16.4. The second kappa shape index (κ2) is 7.33. The molecular weight excluding hydrogens is 298 g/mol. The van der Waals surface area contributed by atoms with Gasteiger partial charge in [0.15, 0.2) is 0 Å². The van der Waals surface area contributed by atoms with Crippen molar-refractivity contribution < 1.29 is 12.6 Å². The Labute approximate surface area is 131 Å². The van der Waals surface area contributed by atoms with Crippen LogP contribution in [0.1, 0.15) is 24.5 Å². The Kier molecular flexibility index (Phi) is 5.46. The van der Waals surface area contributed by atoms with E-state index in [1.165, 1.54) is 0 Å². The van der Waals surface area contributed by atoms with E-state index < -0.39 is 16.2 Å². The van der Waals surface area contributed by atoms with E-state index in [-0.39, 0.29) is 4.90 Å². The minimum Gasteiger partial charge on any atom is -0.264 e. The number of hydrogen-bond donors (Lipinski definition) is 0. The van der Waals surface area contributed by atoms with Crippen molar-refractivity contribution in [3.63, 3.8) is 0 Å². The van der Waals surface area contributed by atoms with Gasteiger partial charge in [-0.3, -0.25) is 9.17 Å². The number of benzene rings is 1. The molecule has 1 aromatic heterocycles. The summed E-state index contributed by atoms with van der Waals surface area (Å²) in [6.07, 6.45) is 7.29. The lowest BCUT2D eigenvalue weighted by molar-refractivity contribution is 0.232. The molecule has 4 nitrogen and oxygen atoms in total. The fraction of sp³-hybridized carbons (Fsp3) is 0.235. The summed E-state index contributed by atoms with van der Waals surface area (Å²) in [5.74, 6) is 0. The number of nitrogens with zero attached hydrogens (tertiary/aromatic N) is 1. The molecular formula is C17H19NO3S. The van der Waals surface area contributed by atoms with Crippen molar-refractivity contribution in [2.75, 3.05) is 0 Å². The van der Waals surface area contributed by atoms with E-state index in [2.05, 4.69) is 4.98 Å². The smallest absolute Gasteiger partial charge is 0.264 e. The fourth-order valence-electron chi connectivity index (χ4n) is 1.89. The van der Waals surface area contributed by atoms with Crippen molar-refractivity contribution in [3.05, 3.63) is 66.0 Å². The Morgan fingerprint density at radius 3 is 2.59 bits per heavy atom. The molecule has 0 aliphatic rings. The van der Waals surface area contributed by atoms with E-state index >= 15 is 0 Å². The summed E-state index contributed by atoms with van der Waals surface area (Å²) in [6, 6.07) is 10.4. The minimum atomic E-state index is -3.72. The highest BCUT2D eigenvalue weighted by atomic mass is 32.2. The van der Waals surface area contributed by atoms with Crippen LogP contribution in [-0.2, 0) is 14.3 Å². The SMILES string of the molecule is Cc1ccc(S(=O)(=O)O[C@H](C)C/C=C/c2cccnc2)cc1. The number of pyridine rings is 1. The molecule has 0 fully saturated rings. The molecule has 0 radical (unpaired) electrons. The molecule has 0 spiro atoms. The molecule has 1 atom stereocenters. The van der Waals surface area contributed by atoms with Crippen LogP contribution in [0.2, 0.25) is 0 Å². The Bertz CT molecular complexity index is 722. The first-order valence-corrected chi connectivity index (χ1v) is 8.45. The van der Waals surface area contributed by atoms with E-state index in [1.807, 2.05) is 31.2 Å². The van der Waals surface area contributed by atoms with Crippen LogP contribution in [0.15, 0.2) is 59.8 Å². The van der Waals surface area contributed by atoms with E-state index in [0.717, 1.165) is 11.1 Å². The van der Waals surface area contributed by atoms with Crippen LogP contribution in [0.25, 0.3) is 6.08 Å². The van der Waals surface area contributed by atoms with Crippen molar-refractivity contribution in [2.24, 2.45) is 0 Å². The summed E-state index contributed by atoms with van der Waals surface area (Å²) in [7, 11) is -3.72. The van der Waals surface area contributed by atoms with Crippen LogP contribution in [0.5, 0.6) is 0 Å². The molecule has 0 aliphatic carbocycles. The first-order valence-electron chi connectivity index (χ1n) is 7.04. The zero-order valence-electron chi connectivity index (χ0n) is 12.6. The molecule has 0 unspecified atom stereocenters. The summed E-state index contributed by atoms with van der Waals surface area (Å²) < 4.78 is 29.5. The predicted molar refractivity (Wildman–Crippen MR) is 86.8 cm³/mol. The molecule has 5 heteroatoms. The van der Waals surface area contributed by atoms with Gasteiger partial charge in [0.25, 0.3) is 10.1 Å². The predicted octanol–water partition coefficient (Wildman–Crippen LogP) is 3.59. The minimum absolute atomic E-state index is 0.182. The van der Waals surface area contributed by atoms with E-state index in [1.54, 1.807) is 43.6 Å². The molecule has 0 aliphatic heterocycles. The van der Waals surface area contributed by atoms with E-state index in [0.29, 0.717) is 6.42 Å². The molecule has 0 N–H and O–H groups in total. The largest absolute Gasteiger partial charge is 0.297 e. The molecule has 0 bridgehead atoms. The summed E-state index contributed by atoms with van der Waals surface area (Å²) in [6.45, 7) is 3.64. The standard InChI is InChI=1S/C17H19NO3S/c1-14-8-10-17(11-9-14)22(19,20)21-15(2)5-3-6-16-7-4-12-18-13-16/h3-4,6-13,15H,5H2,1-2H3/b6-3+/t15-/m1/s1. The maximum atomic E-state index is 12.1. The van der Waals surface area contributed by atoms with Gasteiger partial charge >= 0.3 is 0 Å². The third kappa shape index (κ3) is 4.79. The van der Waals surface area contributed by atoms with Gasteiger partial charge < -0.3 is 0 Å². The summed E-state index contributed by atoms with van der Waals surface area (Å²) >= 11 is 0. The van der Waals surface area contributed by atoms with E-state index in [9.17, 15) is 8.42 Å². The summed E-state index contributed by atoms with van der Waals surface area (Å²) in [5.41, 5.74) is 1.97. The highest BCUT2D eigenvalue weighted by molar-refractivity contribution is 7.86. The Hall–Kier alpha value is -1.98. The average Bonchev–Trinajstić information content (AvgIpc) is 2.48. The molecule has 116 valence electrons. The monoisotopic (exact) mass is 317 g/mol. The molecule has 22 heavy (non-hydrogen) atoms. The zero-order valence-corrected chi connectivity index (χ0v) is 13.5. The summed E-state index contributed by atoms with van der Waals surface area (Å²) in [4.78, 5) is 4.19. The lowest BCUT2D eigenvalue weighted by atomic mass is 10.2. The van der Waals surface area contributed by atoms with Crippen molar-refractivity contribution in [2.45, 2.75) is 31.3 Å². The van der Waals surface area contributed by atoms with Crippen LogP contribution in [0, 0.1) is 6.92 Å². The Balaban J connectivity index is 1.95. The van der Waals surface area contributed by atoms with Gasteiger partial charge in [-0.2, -0.15) is 8.42 Å². The summed E-state index contributed by atoms with van der Waals surface area (Å²) in [5, 5.41) is 0. The highest BCUT2D eigenvalue weighted by Gasteiger charge is 2.18. The van der Waals surface area contributed by atoms with Gasteiger partial charge in [0.2, 0.25) is 0 Å². The normalized spacial score (nSPS) is 13.4. The highest BCUT2D eigenvalue weighted by Crippen LogP contribution is 2.16. The van der Waals surface area contributed by atoms with Crippen LogP contribution < -0.4 is 0 Å². The number of aryl methyl sites for hydroxylation is 1. The molecule has 2 rings (SSSR count). The van der Waals surface area contributed by atoms with Gasteiger partial charge in [-0.25, -0.2) is 0 Å². The maximum Gasteiger partial charge on any atom is 0.297 e. The van der Waals surface area contributed by atoms with E-state index in [4.69, 9.17) is 4.18 Å². The zero-order chi connectivity index (χ0) is 16.0. The lowest BCUT2D eigenvalue weighted by Crippen LogP contribution is -2.15. The molecule has 0 amide bonds. The average molecular weight is 317 g/mol. The molecule has 0 saturated carbocycles. The third-order valence-corrected chi connectivity index (χ3v) is 4.49. The van der Waals surface area contributed by atoms with Crippen LogP contribution >= 0.6 is 0 Å². The van der Waals surface area contributed by atoms with Crippen LogP contribution in [0.3, 0.4) is 0 Å². The number of aromatic nitrogens is 1. The number of rotatable bonds is 6. The van der Waals surface area contributed by atoms with Gasteiger partial charge in [-0.1, -0.05) is 35.9 Å². The topological polar surface area (TPSA) is 56.3 Å². The molecule has 1 aromatic carbocycles. The maximum absolute atomic E-state index is 12.1. The van der Waals surface area contributed by atoms with Gasteiger partial charge in [-0.05, 0) is 44.0 Å². The van der Waals surface area contributed by atoms with Crippen molar-refractivity contribution >= 4 is 16.2 Å². The Morgan fingerprint density at radius 1 is 1.23 bits per heavy atom. The van der Waals surface area contributed by atoms with Crippen LogP contribution in [0.4, 0.5) is 0 Å². The second-order valence-electron chi connectivity index (χ2n) is 5.10. The van der Waals surface area contributed by atoms with Crippen molar-refractivity contribution in [3.8, 4) is 0 Å². The molecule has 2 aromatic rings. The second-order valence-corrected chi connectivity index (χ2v) is 6.67. The van der Waals surface area contributed by atoms with Gasteiger partial charge in [0.1, 0.15) is 0 Å². The van der Waals surface area contributed by atoms with Gasteiger partial charge in [0.05, 0.1) is 11.0 Å². The fourth-order valence-corrected chi connectivity index (χ4v) is 2.98. The lowest BCUT2D eigenvalue weighted by Gasteiger charge is -2.11. The van der Waals surface area contributed by atoms with Gasteiger partial charge in [-0.15, -0.1) is 0 Å². The molecule has 0 saturated heterocycles. The van der Waals surface area contributed by atoms with Crippen molar-refractivity contribution in [1.29, 1.82) is 0 Å². The molecule has 1 heterocycles. The quantitative estimate of drug-likeness (QED) is 0.764. The Morgan fingerprint density at radius 2 is 1.95 bits per heavy atom. The number of hydrogen-bond acceptors (Lipinski definition) is 4. The van der Waals surface area contributed by atoms with Gasteiger partial charge in [0, 0.05) is 12.4 Å². The first-order chi connectivity index (χ1) is 10.5. The van der Waals surface area contributed by atoms with Crippen molar-refractivity contribution in [1.82, 2.24) is 4.98 Å². The third-order valence-electron chi connectivity index (χ3n) is 3.06. The van der Waals surface area contributed by atoms with Crippen LogP contribution in [-0.4, -0.2) is 19.5 Å².